The molecule has 16 heavy (non-hydrogen) atoms. The molecule has 4 nitrogen and oxygen atoms in total. The lowest BCUT2D eigenvalue weighted by Crippen LogP contribution is -2.14. The summed E-state index contributed by atoms with van der Waals surface area (Å²) in [6, 6.07) is 1.51. The highest BCUT2D eigenvalue weighted by Crippen LogP contribution is 2.21. The zero-order valence-corrected chi connectivity index (χ0v) is 8.70. The van der Waals surface area contributed by atoms with E-state index in [1.807, 2.05) is 6.92 Å². The van der Waals surface area contributed by atoms with Crippen molar-refractivity contribution < 1.29 is 4.39 Å². The van der Waals surface area contributed by atoms with Crippen molar-refractivity contribution in [3.63, 3.8) is 0 Å². The van der Waals surface area contributed by atoms with Crippen LogP contribution in [-0.2, 0) is 6.42 Å². The zero-order valence-electron chi connectivity index (χ0n) is 8.70. The van der Waals surface area contributed by atoms with E-state index >= 15 is 0 Å². The lowest BCUT2D eigenvalue weighted by molar-refractivity contribution is 0.624. The third-order valence-corrected chi connectivity index (χ3v) is 2.33. The third kappa shape index (κ3) is 1.71. The van der Waals surface area contributed by atoms with Crippen LogP contribution in [0.5, 0.6) is 0 Å². The number of aromatic amines is 1. The van der Waals surface area contributed by atoms with E-state index in [2.05, 4.69) is 15.0 Å². The maximum atomic E-state index is 13.5. The topological polar surface area (TPSA) is 58.6 Å². The summed E-state index contributed by atoms with van der Waals surface area (Å²) in [6.45, 7) is 1.83. The van der Waals surface area contributed by atoms with Crippen molar-refractivity contribution in [1.82, 2.24) is 15.0 Å². The second-order valence-corrected chi connectivity index (χ2v) is 3.27. The van der Waals surface area contributed by atoms with E-state index in [0.717, 1.165) is 6.20 Å². The summed E-state index contributed by atoms with van der Waals surface area (Å²) in [5.41, 5.74) is 0.931. The van der Waals surface area contributed by atoms with Crippen LogP contribution in [0.25, 0.3) is 11.3 Å². The molecule has 0 aromatic carbocycles. The Kier molecular flexibility index (Phi) is 2.76. The fraction of sp³-hybridized carbons (Fsp3) is 0.182. The van der Waals surface area contributed by atoms with Gasteiger partial charge in [0.1, 0.15) is 0 Å². The van der Waals surface area contributed by atoms with E-state index in [4.69, 9.17) is 0 Å². The molecule has 2 aromatic rings. The van der Waals surface area contributed by atoms with Crippen LogP contribution in [0.4, 0.5) is 4.39 Å². The van der Waals surface area contributed by atoms with E-state index in [1.54, 1.807) is 0 Å². The number of pyridine rings is 1. The monoisotopic (exact) mass is 219 g/mol. The molecule has 0 atom stereocenters. The van der Waals surface area contributed by atoms with Crippen LogP contribution in [0.15, 0.2) is 29.6 Å². The van der Waals surface area contributed by atoms with Gasteiger partial charge in [0.2, 0.25) is 0 Å². The van der Waals surface area contributed by atoms with Crippen molar-refractivity contribution in [2.75, 3.05) is 0 Å². The molecular formula is C11H10FN3O. The van der Waals surface area contributed by atoms with Crippen LogP contribution in [-0.4, -0.2) is 15.0 Å². The summed E-state index contributed by atoms with van der Waals surface area (Å²) in [5, 5.41) is 0. The molecule has 0 saturated heterocycles. The van der Waals surface area contributed by atoms with Crippen molar-refractivity contribution in [2.45, 2.75) is 13.3 Å². The molecular weight excluding hydrogens is 209 g/mol. The van der Waals surface area contributed by atoms with E-state index in [-0.39, 0.29) is 5.56 Å². The molecule has 5 heteroatoms. The van der Waals surface area contributed by atoms with Gasteiger partial charge in [0, 0.05) is 17.3 Å². The predicted molar refractivity (Wildman–Crippen MR) is 57.4 cm³/mol. The third-order valence-electron chi connectivity index (χ3n) is 2.33. The second kappa shape index (κ2) is 4.22. The van der Waals surface area contributed by atoms with Crippen LogP contribution < -0.4 is 5.56 Å². The Morgan fingerprint density at radius 2 is 2.31 bits per heavy atom. The lowest BCUT2D eigenvalue weighted by Gasteiger charge is -2.05. The number of aromatic nitrogens is 3. The molecule has 2 heterocycles. The van der Waals surface area contributed by atoms with Crippen LogP contribution in [0.1, 0.15) is 12.5 Å². The number of nitrogens with zero attached hydrogens (tertiary/aromatic N) is 2. The summed E-state index contributed by atoms with van der Waals surface area (Å²) in [6.07, 6.45) is 4.36. The summed E-state index contributed by atoms with van der Waals surface area (Å²) in [5.74, 6) is -0.477. The Balaban J connectivity index is 2.70. The summed E-state index contributed by atoms with van der Waals surface area (Å²) in [4.78, 5) is 21.7. The van der Waals surface area contributed by atoms with Gasteiger partial charge in [0.05, 0.1) is 18.2 Å². The van der Waals surface area contributed by atoms with Gasteiger partial charge in [-0.2, -0.15) is 0 Å². The van der Waals surface area contributed by atoms with Gasteiger partial charge in [0.25, 0.3) is 5.56 Å². The Labute approximate surface area is 91.2 Å². The van der Waals surface area contributed by atoms with Gasteiger partial charge >= 0.3 is 0 Å². The Morgan fingerprint density at radius 3 is 3.00 bits per heavy atom. The second-order valence-electron chi connectivity index (χ2n) is 3.27. The predicted octanol–water partition coefficient (Wildman–Crippen LogP) is 1.53. The summed E-state index contributed by atoms with van der Waals surface area (Å²) in [7, 11) is 0. The Hall–Kier alpha value is -2.04. The van der Waals surface area contributed by atoms with E-state index in [1.165, 1.54) is 18.6 Å². The molecule has 0 bridgehead atoms. The molecule has 0 aliphatic carbocycles. The molecule has 0 amide bonds. The van der Waals surface area contributed by atoms with Crippen molar-refractivity contribution >= 4 is 0 Å². The molecule has 2 rings (SSSR count). The van der Waals surface area contributed by atoms with Crippen molar-refractivity contribution in [1.29, 1.82) is 0 Å². The minimum absolute atomic E-state index is 0.233. The summed E-state index contributed by atoms with van der Waals surface area (Å²) < 4.78 is 13.5. The number of hydrogen-bond acceptors (Lipinski definition) is 3. The fourth-order valence-electron chi connectivity index (χ4n) is 1.56. The lowest BCUT2D eigenvalue weighted by atomic mass is 10.1. The zero-order chi connectivity index (χ0) is 11.5. The van der Waals surface area contributed by atoms with Crippen molar-refractivity contribution in [3.8, 4) is 11.3 Å². The average molecular weight is 219 g/mol. The first-order chi connectivity index (χ1) is 7.74. The van der Waals surface area contributed by atoms with E-state index in [0.29, 0.717) is 23.2 Å². The Morgan fingerprint density at radius 1 is 1.50 bits per heavy atom. The normalized spacial score (nSPS) is 10.4. The highest BCUT2D eigenvalue weighted by molar-refractivity contribution is 5.62. The number of rotatable bonds is 2. The minimum atomic E-state index is -0.477. The molecule has 0 saturated carbocycles. The first-order valence-corrected chi connectivity index (χ1v) is 4.90. The molecule has 0 fully saturated rings. The van der Waals surface area contributed by atoms with Crippen LogP contribution in [0.3, 0.4) is 0 Å². The molecule has 2 aromatic heterocycles. The quantitative estimate of drug-likeness (QED) is 0.833. The van der Waals surface area contributed by atoms with E-state index in [9.17, 15) is 9.18 Å². The van der Waals surface area contributed by atoms with Gasteiger partial charge in [-0.15, -0.1) is 0 Å². The molecule has 0 aliphatic rings. The largest absolute Gasteiger partial charge is 0.313 e. The van der Waals surface area contributed by atoms with Gasteiger partial charge in [-0.1, -0.05) is 6.92 Å². The average Bonchev–Trinajstić information content (AvgIpc) is 2.29. The van der Waals surface area contributed by atoms with Gasteiger partial charge < -0.3 is 4.98 Å². The molecule has 0 unspecified atom stereocenters. The van der Waals surface area contributed by atoms with E-state index < -0.39 is 5.82 Å². The molecule has 0 spiro atoms. The Bertz CT molecular complexity index is 565. The van der Waals surface area contributed by atoms with Gasteiger partial charge in [-0.3, -0.25) is 9.78 Å². The van der Waals surface area contributed by atoms with Crippen LogP contribution in [0.2, 0.25) is 0 Å². The van der Waals surface area contributed by atoms with Gasteiger partial charge in [-0.25, -0.2) is 9.37 Å². The highest BCUT2D eigenvalue weighted by Gasteiger charge is 2.12. The van der Waals surface area contributed by atoms with Crippen molar-refractivity contribution in [3.05, 3.63) is 46.5 Å². The minimum Gasteiger partial charge on any atom is -0.313 e. The maximum absolute atomic E-state index is 13.5. The van der Waals surface area contributed by atoms with Gasteiger partial charge in [-0.05, 0) is 12.5 Å². The smallest absolute Gasteiger partial charge is 0.254 e. The maximum Gasteiger partial charge on any atom is 0.254 e. The molecule has 1 N–H and O–H groups in total. The number of hydrogen-bond donors (Lipinski definition) is 1. The number of halogens is 1. The number of H-pyrrole nitrogens is 1. The van der Waals surface area contributed by atoms with Gasteiger partial charge in [0.15, 0.2) is 5.82 Å². The standard InChI is InChI=1S/C11H10FN3O/c1-2-7-10(14-6-15-11(7)16)8-3-4-13-5-9(8)12/h3-6H,2H2,1H3,(H,14,15,16). The first kappa shape index (κ1) is 10.5. The fourth-order valence-corrected chi connectivity index (χ4v) is 1.56. The van der Waals surface area contributed by atoms with Crippen LogP contribution >= 0.6 is 0 Å². The molecule has 0 radical (unpaired) electrons. The SMILES string of the molecule is CCc1c(-c2ccncc2F)nc[nH]c1=O. The summed E-state index contributed by atoms with van der Waals surface area (Å²) >= 11 is 0. The molecule has 0 aliphatic heterocycles. The number of nitrogens with one attached hydrogen (secondary N) is 1. The molecule has 82 valence electrons. The van der Waals surface area contributed by atoms with Crippen molar-refractivity contribution in [2.24, 2.45) is 0 Å². The highest BCUT2D eigenvalue weighted by atomic mass is 19.1. The first-order valence-electron chi connectivity index (χ1n) is 4.90. The van der Waals surface area contributed by atoms with Crippen LogP contribution in [0, 0.1) is 5.82 Å².